The Balaban J connectivity index is 2.19. The van der Waals surface area contributed by atoms with Crippen LogP contribution in [0.2, 0.25) is 0 Å². The first kappa shape index (κ1) is 14.6. The first-order chi connectivity index (χ1) is 9.54. The predicted molar refractivity (Wildman–Crippen MR) is 73.3 cm³/mol. The van der Waals surface area contributed by atoms with Gasteiger partial charge in [-0.3, -0.25) is 9.36 Å². The number of hydrogen-bond donors (Lipinski definition) is 1. The Labute approximate surface area is 119 Å². The average molecular weight is 297 g/mol. The molecule has 8 heteroatoms. The van der Waals surface area contributed by atoms with E-state index < -0.39 is 17.7 Å². The van der Waals surface area contributed by atoms with E-state index in [1.807, 2.05) is 6.92 Å². The molecule has 1 saturated heterocycles. The number of aliphatic carboxylic acids is 1. The fourth-order valence-corrected chi connectivity index (χ4v) is 3.51. The van der Waals surface area contributed by atoms with Crippen LogP contribution in [0.3, 0.4) is 0 Å². The zero-order chi connectivity index (χ0) is 14.7. The third-order valence-corrected chi connectivity index (χ3v) is 4.56. The minimum absolute atomic E-state index is 0.157. The summed E-state index contributed by atoms with van der Waals surface area (Å²) in [5.74, 6) is -1.01. The Morgan fingerprint density at radius 1 is 1.55 bits per heavy atom. The number of hydrogen-bond acceptors (Lipinski definition) is 5. The molecular formula is C12H15N3O4S. The number of thioether (sulfide) groups is 1. The molecule has 0 aromatic carbocycles. The van der Waals surface area contributed by atoms with Crippen molar-refractivity contribution < 1.29 is 14.7 Å². The van der Waals surface area contributed by atoms with Gasteiger partial charge < -0.3 is 10.0 Å². The van der Waals surface area contributed by atoms with Gasteiger partial charge in [-0.15, -0.1) is 11.8 Å². The normalized spacial score (nSPS) is 21.9. The summed E-state index contributed by atoms with van der Waals surface area (Å²) in [4.78, 5) is 40.0. The molecular weight excluding hydrogens is 282 g/mol. The summed E-state index contributed by atoms with van der Waals surface area (Å²) in [6, 6.07) is 0.726. The average Bonchev–Trinajstić information content (AvgIpc) is 2.85. The molecule has 0 saturated carbocycles. The van der Waals surface area contributed by atoms with Crippen molar-refractivity contribution in [2.45, 2.75) is 31.3 Å². The molecule has 0 aliphatic carbocycles. The summed E-state index contributed by atoms with van der Waals surface area (Å²) in [5, 5.41) is 9.02. The van der Waals surface area contributed by atoms with Crippen molar-refractivity contribution in [3.05, 3.63) is 28.9 Å². The minimum Gasteiger partial charge on any atom is -0.480 e. The van der Waals surface area contributed by atoms with Gasteiger partial charge in [0.2, 0.25) is 5.91 Å². The lowest BCUT2D eigenvalue weighted by molar-refractivity contribution is -0.149. The van der Waals surface area contributed by atoms with E-state index in [1.165, 1.54) is 33.6 Å². The van der Waals surface area contributed by atoms with E-state index in [1.54, 1.807) is 6.07 Å². The van der Waals surface area contributed by atoms with Gasteiger partial charge in [0.1, 0.15) is 12.6 Å². The third kappa shape index (κ3) is 2.84. The van der Waals surface area contributed by atoms with Crippen LogP contribution in [-0.4, -0.2) is 48.6 Å². The van der Waals surface area contributed by atoms with Crippen molar-refractivity contribution in [3.8, 4) is 0 Å². The lowest BCUT2D eigenvalue weighted by Gasteiger charge is -2.26. The number of carboxylic acids is 1. The molecule has 1 aromatic heterocycles. The number of carboxylic acid groups (broad SMARTS) is 1. The van der Waals surface area contributed by atoms with E-state index in [9.17, 15) is 19.5 Å². The topological polar surface area (TPSA) is 92.5 Å². The van der Waals surface area contributed by atoms with Crippen LogP contribution < -0.4 is 5.69 Å². The summed E-state index contributed by atoms with van der Waals surface area (Å²) in [6.07, 6.45) is 3.49. The van der Waals surface area contributed by atoms with Crippen molar-refractivity contribution in [2.24, 2.45) is 0 Å². The third-order valence-electron chi connectivity index (χ3n) is 3.10. The molecule has 1 aliphatic heterocycles. The van der Waals surface area contributed by atoms with Crippen molar-refractivity contribution in [1.29, 1.82) is 0 Å². The van der Waals surface area contributed by atoms with Gasteiger partial charge in [-0.25, -0.2) is 14.6 Å². The standard InChI is InChI=1S/C12H15N3O4S/c1-2-10-15(8(7-20-10)11(17)18)9(16)6-14-5-3-4-13-12(14)19/h3-5,8,10H,2,6-7H2,1H3,(H,17,18). The van der Waals surface area contributed by atoms with Crippen LogP contribution in [0.15, 0.2) is 23.3 Å². The molecule has 1 N–H and O–H groups in total. The summed E-state index contributed by atoms with van der Waals surface area (Å²) in [5.41, 5.74) is -0.521. The molecule has 0 spiro atoms. The van der Waals surface area contributed by atoms with E-state index in [4.69, 9.17) is 0 Å². The highest BCUT2D eigenvalue weighted by atomic mass is 32.2. The van der Waals surface area contributed by atoms with Gasteiger partial charge in [0.25, 0.3) is 0 Å². The van der Waals surface area contributed by atoms with Crippen molar-refractivity contribution in [3.63, 3.8) is 0 Å². The quantitative estimate of drug-likeness (QED) is 0.841. The van der Waals surface area contributed by atoms with Crippen molar-refractivity contribution >= 4 is 23.6 Å². The minimum atomic E-state index is -1.01. The molecule has 2 rings (SSSR count). The molecule has 2 atom stereocenters. The van der Waals surface area contributed by atoms with E-state index in [0.29, 0.717) is 12.2 Å². The molecule has 1 aromatic rings. The second kappa shape index (κ2) is 6.08. The second-order valence-electron chi connectivity index (χ2n) is 4.38. The van der Waals surface area contributed by atoms with E-state index in [2.05, 4.69) is 4.98 Å². The summed E-state index contributed by atoms with van der Waals surface area (Å²) in [6.45, 7) is 1.71. The highest BCUT2D eigenvalue weighted by molar-refractivity contribution is 8.00. The van der Waals surface area contributed by atoms with Gasteiger partial charge >= 0.3 is 11.7 Å². The van der Waals surface area contributed by atoms with Gasteiger partial charge in [-0.1, -0.05) is 6.92 Å². The zero-order valence-corrected chi connectivity index (χ0v) is 11.7. The summed E-state index contributed by atoms with van der Waals surface area (Å²) in [7, 11) is 0. The Kier molecular flexibility index (Phi) is 4.43. The van der Waals surface area contributed by atoms with Crippen LogP contribution in [0.1, 0.15) is 13.3 Å². The van der Waals surface area contributed by atoms with Crippen LogP contribution in [0.25, 0.3) is 0 Å². The fraction of sp³-hybridized carbons (Fsp3) is 0.500. The largest absolute Gasteiger partial charge is 0.480 e. The van der Waals surface area contributed by atoms with Crippen molar-refractivity contribution in [1.82, 2.24) is 14.5 Å². The van der Waals surface area contributed by atoms with E-state index in [-0.39, 0.29) is 17.8 Å². The van der Waals surface area contributed by atoms with Gasteiger partial charge in [-0.05, 0) is 12.5 Å². The molecule has 1 fully saturated rings. The SMILES string of the molecule is CCC1SCC(C(=O)O)N1C(=O)Cn1cccnc1=O. The molecule has 1 amide bonds. The number of nitrogens with zero attached hydrogens (tertiary/aromatic N) is 3. The van der Waals surface area contributed by atoms with Crippen LogP contribution in [-0.2, 0) is 16.1 Å². The molecule has 108 valence electrons. The maximum atomic E-state index is 12.3. The number of rotatable bonds is 4. The molecule has 1 aliphatic rings. The molecule has 0 radical (unpaired) electrons. The van der Waals surface area contributed by atoms with E-state index in [0.717, 1.165) is 0 Å². The molecule has 2 unspecified atom stereocenters. The predicted octanol–water partition coefficient (Wildman–Crippen LogP) is 0.00800. The first-order valence-corrected chi connectivity index (χ1v) is 7.26. The lowest BCUT2D eigenvalue weighted by atomic mass is 10.2. The highest BCUT2D eigenvalue weighted by Gasteiger charge is 2.40. The molecule has 0 bridgehead atoms. The van der Waals surface area contributed by atoms with Gasteiger partial charge in [-0.2, -0.15) is 0 Å². The highest BCUT2D eigenvalue weighted by Crippen LogP contribution is 2.31. The van der Waals surface area contributed by atoms with E-state index >= 15 is 0 Å². The van der Waals surface area contributed by atoms with Crippen LogP contribution in [0.5, 0.6) is 0 Å². The Morgan fingerprint density at radius 3 is 2.90 bits per heavy atom. The maximum Gasteiger partial charge on any atom is 0.347 e. The maximum absolute atomic E-state index is 12.3. The number of carbonyl (C=O) groups is 2. The summed E-state index contributed by atoms with van der Waals surface area (Å²) < 4.78 is 1.18. The van der Waals surface area contributed by atoms with Crippen molar-refractivity contribution in [2.75, 3.05) is 5.75 Å². The first-order valence-electron chi connectivity index (χ1n) is 6.21. The molecule has 7 nitrogen and oxygen atoms in total. The lowest BCUT2D eigenvalue weighted by Crippen LogP contribution is -2.47. The van der Waals surface area contributed by atoms with Gasteiger partial charge in [0.05, 0.1) is 5.37 Å². The van der Waals surface area contributed by atoms with Gasteiger partial charge in [0, 0.05) is 18.1 Å². The Hall–Kier alpha value is -1.83. The number of carbonyl (C=O) groups excluding carboxylic acids is 1. The van der Waals surface area contributed by atoms with Crippen LogP contribution in [0, 0.1) is 0 Å². The van der Waals surface area contributed by atoms with Gasteiger partial charge in [0.15, 0.2) is 0 Å². The Morgan fingerprint density at radius 2 is 2.30 bits per heavy atom. The zero-order valence-electron chi connectivity index (χ0n) is 10.9. The monoisotopic (exact) mass is 297 g/mol. The summed E-state index contributed by atoms with van der Waals surface area (Å²) >= 11 is 1.45. The van der Waals surface area contributed by atoms with Crippen LogP contribution in [0.4, 0.5) is 0 Å². The fourth-order valence-electron chi connectivity index (χ4n) is 2.14. The number of aromatic nitrogens is 2. The Bertz CT molecular complexity index is 574. The molecule has 20 heavy (non-hydrogen) atoms. The number of amides is 1. The van der Waals surface area contributed by atoms with Crippen LogP contribution >= 0.6 is 11.8 Å². The second-order valence-corrected chi connectivity index (χ2v) is 5.59. The smallest absolute Gasteiger partial charge is 0.347 e. The molecule has 2 heterocycles.